The van der Waals surface area contributed by atoms with Gasteiger partial charge in [-0.05, 0) is 120 Å². The fraction of sp³-hybridized carbons (Fsp3) is 0.222. The van der Waals surface area contributed by atoms with Gasteiger partial charge >= 0.3 is 11.9 Å². The lowest BCUT2D eigenvalue weighted by atomic mass is 10.0. The van der Waals surface area contributed by atoms with Crippen LogP contribution >= 0.6 is 0 Å². The zero-order valence-corrected chi connectivity index (χ0v) is 49.7. The number of aryl methyl sites for hydroxylation is 4. The summed E-state index contributed by atoms with van der Waals surface area (Å²) in [6.07, 6.45) is 8.77. The predicted octanol–water partition coefficient (Wildman–Crippen LogP) is 14.0. The summed E-state index contributed by atoms with van der Waals surface area (Å²) in [7, 11) is 0. The molecule has 18 nitrogen and oxygen atoms in total. The third-order valence-corrected chi connectivity index (χ3v) is 14.3. The van der Waals surface area contributed by atoms with E-state index in [1.807, 2.05) is 182 Å². The van der Waals surface area contributed by atoms with Crippen LogP contribution in [0.4, 0.5) is 0 Å². The lowest BCUT2D eigenvalue weighted by molar-refractivity contribution is -0.146. The number of nitrogens with zero attached hydrogens (tertiary/aromatic N) is 6. The van der Waals surface area contributed by atoms with Gasteiger partial charge in [0, 0.05) is 49.2 Å². The molecule has 4 heterocycles. The zero-order chi connectivity index (χ0) is 61.4. The van der Waals surface area contributed by atoms with E-state index in [4.69, 9.17) is 46.7 Å². The van der Waals surface area contributed by atoms with E-state index in [9.17, 15) is 9.59 Å². The van der Waals surface area contributed by atoms with Crippen LogP contribution in [0, 0.1) is 0 Å². The van der Waals surface area contributed by atoms with E-state index >= 15 is 0 Å². The Morgan fingerprint density at radius 2 is 0.733 bits per heavy atom. The molecule has 11 aromatic rings. The highest BCUT2D eigenvalue weighted by Gasteiger charge is 2.21. The van der Waals surface area contributed by atoms with Crippen LogP contribution in [0.3, 0.4) is 0 Å². The molecule has 0 fully saturated rings. The number of carbonyl (C=O) groups is 2. The van der Waals surface area contributed by atoms with Gasteiger partial charge in [0.25, 0.3) is 0 Å². The number of esters is 2. The van der Waals surface area contributed by atoms with Crippen LogP contribution < -0.4 is 28.4 Å². The Hall–Kier alpha value is -10.9. The van der Waals surface area contributed by atoms with Crippen molar-refractivity contribution in [2.24, 2.45) is 0 Å². The summed E-state index contributed by atoms with van der Waals surface area (Å²) in [6, 6.07) is 62.6. The summed E-state index contributed by atoms with van der Waals surface area (Å²) in [5, 5.41) is 18.6. The standard InChI is InChI=1S/C72H68N6O12/c79-71(89-51-59-25-13-33-81-59)27-15-35-83-69-44-66(68-46-78(76-74-68)32-30-58-39-63(87-49-55-21-9-3-10-22-55)42-64(40-58)88-50-56-23-11-4-12-24-56)70(84-36-16-28-72(80)90-52-60-26-14-34-82-60)43-65(69)67-45-77(75-73-67)31-29-57-37-61(85-47-53-17-5-1-6-18-53)41-62(38-57)86-48-54-19-7-2-8-20-54/h1-14,17-26,33-34,37-46H,15-16,27-32,35-36,47-52H2. The Bertz CT molecular complexity index is 3590. The van der Waals surface area contributed by atoms with Crippen LogP contribution in [0.25, 0.3) is 22.5 Å². The minimum absolute atomic E-state index is 0.0283. The summed E-state index contributed by atoms with van der Waals surface area (Å²) in [5.41, 5.74) is 8.27. The van der Waals surface area contributed by atoms with Crippen LogP contribution in [0.15, 0.2) is 228 Å². The van der Waals surface area contributed by atoms with E-state index in [-0.39, 0.29) is 39.3 Å². The molecule has 0 aliphatic carbocycles. The Balaban J connectivity index is 0.850. The van der Waals surface area contributed by atoms with Crippen molar-refractivity contribution in [3.63, 3.8) is 0 Å². The van der Waals surface area contributed by atoms with Crippen molar-refractivity contribution in [1.82, 2.24) is 30.0 Å². The van der Waals surface area contributed by atoms with Crippen molar-refractivity contribution >= 4 is 11.9 Å². The summed E-state index contributed by atoms with van der Waals surface area (Å²) >= 11 is 0. The lowest BCUT2D eigenvalue weighted by Gasteiger charge is -2.16. The first-order valence-corrected chi connectivity index (χ1v) is 29.9. The molecular formula is C72H68N6O12. The smallest absolute Gasteiger partial charge is 0.306 e. The van der Waals surface area contributed by atoms with Crippen molar-refractivity contribution in [2.45, 2.75) is 91.3 Å². The first kappa shape index (κ1) is 60.8. The highest BCUT2D eigenvalue weighted by molar-refractivity contribution is 5.78. The molecule has 458 valence electrons. The van der Waals surface area contributed by atoms with Gasteiger partial charge in [0.15, 0.2) is 0 Å². The Morgan fingerprint density at radius 1 is 0.378 bits per heavy atom. The summed E-state index contributed by atoms with van der Waals surface area (Å²) in [4.78, 5) is 25.8. The van der Waals surface area contributed by atoms with Crippen molar-refractivity contribution in [3.8, 4) is 57.0 Å². The number of ether oxygens (including phenoxy) is 8. The van der Waals surface area contributed by atoms with Crippen LogP contribution in [-0.4, -0.2) is 55.1 Å². The number of furan rings is 2. The number of rotatable bonds is 34. The average Bonchev–Trinajstić information content (AvgIpc) is 1.62. The topological polar surface area (TPSA) is 196 Å². The van der Waals surface area contributed by atoms with Crippen molar-refractivity contribution in [2.75, 3.05) is 13.2 Å². The second-order valence-corrected chi connectivity index (χ2v) is 21.2. The molecule has 0 bridgehead atoms. The molecule has 4 aromatic heterocycles. The molecule has 0 unspecified atom stereocenters. The predicted molar refractivity (Wildman–Crippen MR) is 334 cm³/mol. The third-order valence-electron chi connectivity index (χ3n) is 14.3. The van der Waals surface area contributed by atoms with Gasteiger partial charge in [0.1, 0.15) is 97.0 Å². The molecule has 0 amide bonds. The molecule has 90 heavy (non-hydrogen) atoms. The molecule has 0 N–H and O–H groups in total. The monoisotopic (exact) mass is 1210 g/mol. The average molecular weight is 1210 g/mol. The second kappa shape index (κ2) is 31.7. The van der Waals surface area contributed by atoms with E-state index in [2.05, 4.69) is 20.6 Å². The van der Waals surface area contributed by atoms with Crippen LogP contribution in [0.1, 0.15) is 70.6 Å². The van der Waals surface area contributed by atoms with Crippen LogP contribution in [0.2, 0.25) is 0 Å². The highest BCUT2D eigenvalue weighted by atomic mass is 16.5. The van der Waals surface area contributed by atoms with Gasteiger partial charge in [-0.1, -0.05) is 132 Å². The molecular weight excluding hydrogens is 1140 g/mol. The molecule has 0 saturated carbocycles. The number of benzene rings is 7. The fourth-order valence-electron chi connectivity index (χ4n) is 9.63. The van der Waals surface area contributed by atoms with Crippen molar-refractivity contribution in [1.29, 1.82) is 0 Å². The quantitative estimate of drug-likeness (QED) is 0.0272. The molecule has 18 heteroatoms. The number of hydrogen-bond donors (Lipinski definition) is 0. The molecule has 0 spiro atoms. The van der Waals surface area contributed by atoms with Gasteiger partial charge in [0.2, 0.25) is 0 Å². The molecule has 0 radical (unpaired) electrons. The molecule has 0 aliphatic heterocycles. The van der Waals surface area contributed by atoms with Crippen molar-refractivity contribution < 1.29 is 56.3 Å². The van der Waals surface area contributed by atoms with Gasteiger partial charge in [-0.15, -0.1) is 10.2 Å². The van der Waals surface area contributed by atoms with Gasteiger partial charge < -0.3 is 46.7 Å². The Kier molecular flexibility index (Phi) is 21.4. The van der Waals surface area contributed by atoms with Crippen molar-refractivity contribution in [3.05, 3.63) is 264 Å². The summed E-state index contributed by atoms with van der Waals surface area (Å²) in [5.74, 6) is 3.89. The van der Waals surface area contributed by atoms with Crippen LogP contribution in [0.5, 0.6) is 34.5 Å². The van der Waals surface area contributed by atoms with Gasteiger partial charge in [-0.3, -0.25) is 19.0 Å². The van der Waals surface area contributed by atoms with Gasteiger partial charge in [0.05, 0.1) is 38.1 Å². The second-order valence-electron chi connectivity index (χ2n) is 21.2. The summed E-state index contributed by atoms with van der Waals surface area (Å²) in [6.45, 7) is 2.83. The van der Waals surface area contributed by atoms with E-state index in [1.54, 1.807) is 33.6 Å². The third kappa shape index (κ3) is 18.6. The SMILES string of the molecule is O=C(CCCOc1cc(-c2cn(CCc3cc(OCc4ccccc4)cc(OCc4ccccc4)c3)nn2)c(OCCCC(=O)OCc2ccco2)cc1-c1cn(CCc2cc(OCc3ccccc3)cc(OCc3ccccc3)c2)nn1)OCc1ccco1. The maximum atomic E-state index is 12.9. The first-order chi connectivity index (χ1) is 44.3. The molecule has 11 rings (SSSR count). The lowest BCUT2D eigenvalue weighted by Crippen LogP contribution is -2.08. The maximum Gasteiger partial charge on any atom is 0.306 e. The fourth-order valence-corrected chi connectivity index (χ4v) is 9.63. The number of hydrogen-bond acceptors (Lipinski definition) is 16. The zero-order valence-electron chi connectivity index (χ0n) is 49.7. The molecule has 7 aromatic carbocycles. The maximum absolute atomic E-state index is 12.9. The van der Waals surface area contributed by atoms with E-state index in [0.29, 0.717) is 134 Å². The molecule has 0 saturated heterocycles. The number of aromatic nitrogens is 6. The summed E-state index contributed by atoms with van der Waals surface area (Å²) < 4.78 is 63.6. The number of carbonyl (C=O) groups excluding carboxylic acids is 2. The Morgan fingerprint density at radius 3 is 1.07 bits per heavy atom. The minimum atomic E-state index is -0.394. The molecule has 0 atom stereocenters. The van der Waals surface area contributed by atoms with Gasteiger partial charge in [-0.25, -0.2) is 0 Å². The minimum Gasteiger partial charge on any atom is -0.493 e. The first-order valence-electron chi connectivity index (χ1n) is 29.9. The van der Waals surface area contributed by atoms with Crippen LogP contribution in [-0.2, 0) is 84.6 Å². The molecule has 0 aliphatic rings. The van der Waals surface area contributed by atoms with E-state index in [1.165, 1.54) is 12.5 Å². The van der Waals surface area contributed by atoms with Gasteiger partial charge in [-0.2, -0.15) is 0 Å². The highest BCUT2D eigenvalue weighted by Crippen LogP contribution is 2.41. The largest absolute Gasteiger partial charge is 0.493 e. The Labute approximate surface area is 521 Å². The normalized spacial score (nSPS) is 11.0. The van der Waals surface area contributed by atoms with E-state index in [0.717, 1.165) is 33.4 Å². The van der Waals surface area contributed by atoms with E-state index < -0.39 is 11.9 Å².